The first kappa shape index (κ1) is 14.1. The van der Waals surface area contributed by atoms with Crippen LogP contribution in [0.2, 0.25) is 0 Å². The minimum Gasteiger partial charge on any atom is -0.383 e. The number of aromatic nitrogens is 1. The fourth-order valence-corrected chi connectivity index (χ4v) is 2.80. The van der Waals surface area contributed by atoms with Crippen molar-refractivity contribution >= 4 is 5.82 Å². The molecule has 104 valence electrons. The lowest BCUT2D eigenvalue weighted by Gasteiger charge is -2.22. The van der Waals surface area contributed by atoms with E-state index < -0.39 is 0 Å². The normalized spacial score (nSPS) is 17.0. The lowest BCUT2D eigenvalue weighted by molar-refractivity contribution is 0.504. The molecule has 3 nitrogen and oxygen atoms in total. The summed E-state index contributed by atoms with van der Waals surface area (Å²) in [6.45, 7) is 3.16. The maximum absolute atomic E-state index is 5.94. The van der Waals surface area contributed by atoms with Crippen molar-refractivity contribution in [1.82, 2.24) is 10.3 Å². The quantitative estimate of drug-likeness (QED) is 0.772. The Balaban J connectivity index is 1.99. The van der Waals surface area contributed by atoms with E-state index in [0.717, 1.165) is 24.9 Å². The maximum Gasteiger partial charge on any atom is 0.126 e. The Kier molecular flexibility index (Phi) is 5.40. The van der Waals surface area contributed by atoms with E-state index in [0.29, 0.717) is 11.9 Å². The van der Waals surface area contributed by atoms with Gasteiger partial charge in [0.1, 0.15) is 5.82 Å². The summed E-state index contributed by atoms with van der Waals surface area (Å²) in [7, 11) is 0. The number of hydrogen-bond donors (Lipinski definition) is 2. The molecule has 1 aromatic heterocycles. The van der Waals surface area contributed by atoms with Crippen LogP contribution in [0.5, 0.6) is 0 Å². The Bertz CT molecular complexity index is 426. The second kappa shape index (κ2) is 7.29. The smallest absolute Gasteiger partial charge is 0.126 e. The van der Waals surface area contributed by atoms with Crippen molar-refractivity contribution in [3.05, 3.63) is 35.5 Å². The molecule has 1 aliphatic carbocycles. The van der Waals surface area contributed by atoms with Crippen molar-refractivity contribution in [3.8, 4) is 0 Å². The van der Waals surface area contributed by atoms with E-state index in [2.05, 4.69) is 29.4 Å². The molecule has 19 heavy (non-hydrogen) atoms. The van der Waals surface area contributed by atoms with Gasteiger partial charge in [-0.3, -0.25) is 0 Å². The number of nitrogen functional groups attached to an aromatic ring is 1. The molecule has 1 aromatic rings. The summed E-state index contributed by atoms with van der Waals surface area (Å²) >= 11 is 0. The van der Waals surface area contributed by atoms with Gasteiger partial charge in [-0.25, -0.2) is 4.98 Å². The number of nitrogens with zero attached hydrogens (tertiary/aromatic N) is 1. The molecule has 0 amide bonds. The van der Waals surface area contributed by atoms with Crippen molar-refractivity contribution in [1.29, 1.82) is 0 Å². The molecule has 0 bridgehead atoms. The predicted molar refractivity (Wildman–Crippen MR) is 81.0 cm³/mol. The third kappa shape index (κ3) is 4.35. The SMILES string of the molecule is CCNC(CC1=CCCCC1)Cc1cccnc1N. The highest BCUT2D eigenvalue weighted by molar-refractivity contribution is 5.39. The van der Waals surface area contributed by atoms with Crippen molar-refractivity contribution in [3.63, 3.8) is 0 Å². The van der Waals surface area contributed by atoms with Crippen LogP contribution in [0.1, 0.15) is 44.6 Å². The van der Waals surface area contributed by atoms with Gasteiger partial charge in [0, 0.05) is 12.2 Å². The van der Waals surface area contributed by atoms with Gasteiger partial charge >= 0.3 is 0 Å². The molecular formula is C16H25N3. The lowest BCUT2D eigenvalue weighted by Crippen LogP contribution is -2.32. The van der Waals surface area contributed by atoms with Crippen LogP contribution in [-0.2, 0) is 6.42 Å². The van der Waals surface area contributed by atoms with E-state index in [1.807, 2.05) is 6.07 Å². The van der Waals surface area contributed by atoms with Gasteiger partial charge in [0.15, 0.2) is 0 Å². The van der Waals surface area contributed by atoms with Gasteiger partial charge in [0.05, 0.1) is 0 Å². The summed E-state index contributed by atoms with van der Waals surface area (Å²) in [5.41, 5.74) is 8.71. The number of anilines is 1. The van der Waals surface area contributed by atoms with E-state index in [9.17, 15) is 0 Å². The van der Waals surface area contributed by atoms with Crippen molar-refractivity contribution in [2.75, 3.05) is 12.3 Å². The molecule has 2 rings (SSSR count). The summed E-state index contributed by atoms with van der Waals surface area (Å²) < 4.78 is 0. The van der Waals surface area contributed by atoms with Gasteiger partial charge < -0.3 is 11.1 Å². The summed E-state index contributed by atoms with van der Waals surface area (Å²) in [4.78, 5) is 4.17. The second-order valence-corrected chi connectivity index (χ2v) is 5.32. The second-order valence-electron chi connectivity index (χ2n) is 5.32. The molecule has 0 spiro atoms. The first-order valence-electron chi connectivity index (χ1n) is 7.40. The highest BCUT2D eigenvalue weighted by atomic mass is 14.9. The Morgan fingerprint density at radius 1 is 1.37 bits per heavy atom. The van der Waals surface area contributed by atoms with E-state index >= 15 is 0 Å². The van der Waals surface area contributed by atoms with Crippen LogP contribution < -0.4 is 11.1 Å². The minimum atomic E-state index is 0.473. The van der Waals surface area contributed by atoms with Crippen LogP contribution >= 0.6 is 0 Å². The van der Waals surface area contributed by atoms with E-state index in [1.54, 1.807) is 11.8 Å². The van der Waals surface area contributed by atoms with E-state index in [-0.39, 0.29) is 0 Å². The van der Waals surface area contributed by atoms with Crippen LogP contribution in [0.25, 0.3) is 0 Å². The third-order valence-electron chi connectivity index (χ3n) is 3.78. The van der Waals surface area contributed by atoms with Gasteiger partial charge in [-0.1, -0.05) is 24.6 Å². The molecule has 0 radical (unpaired) electrons. The minimum absolute atomic E-state index is 0.473. The number of nitrogens with two attached hydrogens (primary N) is 1. The molecule has 0 aliphatic heterocycles. The third-order valence-corrected chi connectivity index (χ3v) is 3.78. The van der Waals surface area contributed by atoms with Gasteiger partial charge in [-0.15, -0.1) is 0 Å². The van der Waals surface area contributed by atoms with E-state index in [1.165, 1.54) is 25.7 Å². The molecule has 0 saturated heterocycles. The fraction of sp³-hybridized carbons (Fsp3) is 0.562. The van der Waals surface area contributed by atoms with Crippen LogP contribution in [0.15, 0.2) is 30.0 Å². The Hall–Kier alpha value is -1.35. The molecule has 1 unspecified atom stereocenters. The number of rotatable bonds is 6. The summed E-state index contributed by atoms with van der Waals surface area (Å²) in [5.74, 6) is 0.669. The lowest BCUT2D eigenvalue weighted by atomic mass is 9.92. The van der Waals surface area contributed by atoms with Gasteiger partial charge in [0.25, 0.3) is 0 Å². The molecule has 0 aromatic carbocycles. The molecular weight excluding hydrogens is 234 g/mol. The highest BCUT2D eigenvalue weighted by Crippen LogP contribution is 2.23. The van der Waals surface area contributed by atoms with Crippen LogP contribution in [0.4, 0.5) is 5.82 Å². The van der Waals surface area contributed by atoms with Crippen LogP contribution in [-0.4, -0.2) is 17.6 Å². The molecule has 0 fully saturated rings. The fourth-order valence-electron chi connectivity index (χ4n) is 2.80. The Labute approximate surface area is 116 Å². The molecule has 0 saturated carbocycles. The Morgan fingerprint density at radius 2 is 2.26 bits per heavy atom. The molecule has 1 aliphatic rings. The number of hydrogen-bond acceptors (Lipinski definition) is 3. The van der Waals surface area contributed by atoms with Gasteiger partial charge in [-0.05, 0) is 56.7 Å². The zero-order chi connectivity index (χ0) is 13.5. The maximum atomic E-state index is 5.94. The average molecular weight is 259 g/mol. The van der Waals surface area contributed by atoms with Gasteiger partial charge in [0.2, 0.25) is 0 Å². The monoisotopic (exact) mass is 259 g/mol. The summed E-state index contributed by atoms with van der Waals surface area (Å²) in [6, 6.07) is 4.53. The summed E-state index contributed by atoms with van der Waals surface area (Å²) in [6.07, 6.45) is 11.5. The molecule has 1 atom stereocenters. The number of pyridine rings is 1. The zero-order valence-electron chi connectivity index (χ0n) is 11.9. The first-order valence-corrected chi connectivity index (χ1v) is 7.40. The number of allylic oxidation sites excluding steroid dienone is 1. The zero-order valence-corrected chi connectivity index (χ0v) is 11.9. The van der Waals surface area contributed by atoms with Crippen LogP contribution in [0.3, 0.4) is 0 Å². The number of nitrogens with one attached hydrogen (secondary N) is 1. The predicted octanol–water partition coefficient (Wildman–Crippen LogP) is 3.07. The molecule has 1 heterocycles. The topological polar surface area (TPSA) is 50.9 Å². The van der Waals surface area contributed by atoms with Crippen molar-refractivity contribution in [2.24, 2.45) is 0 Å². The Morgan fingerprint density at radius 3 is 2.95 bits per heavy atom. The first-order chi connectivity index (χ1) is 9.29. The highest BCUT2D eigenvalue weighted by Gasteiger charge is 2.14. The summed E-state index contributed by atoms with van der Waals surface area (Å²) in [5, 5.41) is 3.58. The van der Waals surface area contributed by atoms with Crippen LogP contribution in [0, 0.1) is 0 Å². The standard InChI is InChI=1S/C16H25N3/c1-2-18-15(11-13-7-4-3-5-8-13)12-14-9-6-10-19-16(14)17/h6-7,9-10,15,18H,2-5,8,11-12H2,1H3,(H2,17,19). The molecule has 3 heteroatoms. The van der Waals surface area contributed by atoms with Gasteiger partial charge in [-0.2, -0.15) is 0 Å². The number of likely N-dealkylation sites (N-methyl/N-ethyl adjacent to an activating group) is 1. The van der Waals surface area contributed by atoms with Crippen molar-refractivity contribution in [2.45, 2.75) is 51.5 Å². The largest absolute Gasteiger partial charge is 0.383 e. The van der Waals surface area contributed by atoms with Crippen molar-refractivity contribution < 1.29 is 0 Å². The van der Waals surface area contributed by atoms with E-state index in [4.69, 9.17) is 5.73 Å². The average Bonchev–Trinajstić information content (AvgIpc) is 2.43. The molecule has 3 N–H and O–H groups in total.